The molecule has 0 N–H and O–H groups in total. The SMILES string of the molecule is CN1CCC(N(C)C(=O)Cc2ccc(C#N)cc2)CC1. The van der Waals surface area contributed by atoms with Gasteiger partial charge in [-0.2, -0.15) is 5.26 Å². The van der Waals surface area contributed by atoms with Crippen LogP contribution in [0.4, 0.5) is 0 Å². The maximum Gasteiger partial charge on any atom is 0.226 e. The molecule has 1 aliphatic rings. The number of likely N-dealkylation sites (tertiary alicyclic amines) is 1. The van der Waals surface area contributed by atoms with Crippen molar-refractivity contribution < 1.29 is 4.79 Å². The Bertz CT molecular complexity index is 495. The van der Waals surface area contributed by atoms with Crippen LogP contribution < -0.4 is 0 Å². The third kappa shape index (κ3) is 3.58. The van der Waals surface area contributed by atoms with Crippen molar-refractivity contribution in [1.29, 1.82) is 5.26 Å². The van der Waals surface area contributed by atoms with Gasteiger partial charge in [-0.15, -0.1) is 0 Å². The predicted molar refractivity (Wildman–Crippen MR) is 78.2 cm³/mol. The molecule has 0 bridgehead atoms. The van der Waals surface area contributed by atoms with Gasteiger partial charge < -0.3 is 9.80 Å². The molecule has 20 heavy (non-hydrogen) atoms. The number of likely N-dealkylation sites (N-methyl/N-ethyl adjacent to an activating group) is 1. The first-order valence-electron chi connectivity index (χ1n) is 7.03. The van der Waals surface area contributed by atoms with Crippen molar-refractivity contribution in [2.75, 3.05) is 27.2 Å². The maximum absolute atomic E-state index is 12.3. The van der Waals surface area contributed by atoms with E-state index < -0.39 is 0 Å². The van der Waals surface area contributed by atoms with Gasteiger partial charge in [0.2, 0.25) is 5.91 Å². The third-order valence-electron chi connectivity index (χ3n) is 4.07. The molecular weight excluding hydrogens is 250 g/mol. The summed E-state index contributed by atoms with van der Waals surface area (Å²) in [6, 6.07) is 9.69. The molecule has 1 aromatic rings. The van der Waals surface area contributed by atoms with E-state index in [1.807, 2.05) is 24.1 Å². The first-order chi connectivity index (χ1) is 9.60. The first kappa shape index (κ1) is 14.5. The summed E-state index contributed by atoms with van der Waals surface area (Å²) in [7, 11) is 4.02. The van der Waals surface area contributed by atoms with E-state index in [0.29, 0.717) is 18.0 Å². The Kier molecular flexibility index (Phi) is 4.75. The lowest BCUT2D eigenvalue weighted by atomic mass is 10.0. The molecule has 1 aliphatic heterocycles. The lowest BCUT2D eigenvalue weighted by Crippen LogP contribution is -2.44. The summed E-state index contributed by atoms with van der Waals surface area (Å²) in [5.74, 6) is 0.157. The highest BCUT2D eigenvalue weighted by Crippen LogP contribution is 2.15. The number of piperidine rings is 1. The number of carbonyl (C=O) groups excluding carboxylic acids is 1. The van der Waals surface area contributed by atoms with Gasteiger partial charge in [-0.3, -0.25) is 4.79 Å². The summed E-state index contributed by atoms with van der Waals surface area (Å²) in [4.78, 5) is 16.5. The minimum atomic E-state index is 0.157. The zero-order chi connectivity index (χ0) is 14.5. The maximum atomic E-state index is 12.3. The van der Waals surface area contributed by atoms with Crippen LogP contribution in [0.25, 0.3) is 0 Å². The molecular formula is C16H21N3O. The predicted octanol–water partition coefficient (Wildman–Crippen LogP) is 1.65. The van der Waals surface area contributed by atoms with Crippen LogP contribution in [0.15, 0.2) is 24.3 Å². The van der Waals surface area contributed by atoms with Crippen molar-refractivity contribution in [1.82, 2.24) is 9.80 Å². The molecule has 2 rings (SSSR count). The van der Waals surface area contributed by atoms with Crippen molar-refractivity contribution in [3.8, 4) is 6.07 Å². The molecule has 0 atom stereocenters. The number of benzene rings is 1. The Labute approximate surface area is 120 Å². The number of hydrogen-bond donors (Lipinski definition) is 0. The van der Waals surface area contributed by atoms with Crippen LogP contribution >= 0.6 is 0 Å². The number of rotatable bonds is 3. The Morgan fingerprint density at radius 1 is 1.35 bits per heavy atom. The van der Waals surface area contributed by atoms with Crippen molar-refractivity contribution in [3.05, 3.63) is 35.4 Å². The molecule has 1 aromatic carbocycles. The van der Waals surface area contributed by atoms with Gasteiger partial charge in [-0.05, 0) is 50.7 Å². The quantitative estimate of drug-likeness (QED) is 0.840. The van der Waals surface area contributed by atoms with Gasteiger partial charge in [-0.1, -0.05) is 12.1 Å². The van der Waals surface area contributed by atoms with Crippen LogP contribution in [0.3, 0.4) is 0 Å². The molecule has 1 saturated heterocycles. The van der Waals surface area contributed by atoms with Crippen LogP contribution in [0.2, 0.25) is 0 Å². The van der Waals surface area contributed by atoms with E-state index in [0.717, 1.165) is 31.5 Å². The second-order valence-electron chi connectivity index (χ2n) is 5.52. The van der Waals surface area contributed by atoms with Gasteiger partial charge >= 0.3 is 0 Å². The fourth-order valence-corrected chi connectivity index (χ4v) is 2.58. The normalized spacial score (nSPS) is 16.6. The number of nitriles is 1. The molecule has 0 saturated carbocycles. The second kappa shape index (κ2) is 6.53. The van der Waals surface area contributed by atoms with Gasteiger partial charge in [0.1, 0.15) is 0 Å². The van der Waals surface area contributed by atoms with E-state index in [-0.39, 0.29) is 5.91 Å². The third-order valence-corrected chi connectivity index (χ3v) is 4.07. The summed E-state index contributed by atoms with van der Waals surface area (Å²) in [5, 5.41) is 8.76. The van der Waals surface area contributed by atoms with Crippen LogP contribution in [0.1, 0.15) is 24.0 Å². The molecule has 0 unspecified atom stereocenters. The number of amides is 1. The summed E-state index contributed by atoms with van der Waals surface area (Å²) >= 11 is 0. The van der Waals surface area contributed by atoms with Crippen molar-refractivity contribution >= 4 is 5.91 Å². The van der Waals surface area contributed by atoms with Crippen LogP contribution in [0.5, 0.6) is 0 Å². The fourth-order valence-electron chi connectivity index (χ4n) is 2.58. The van der Waals surface area contributed by atoms with Gasteiger partial charge in [0.05, 0.1) is 18.1 Å². The molecule has 106 valence electrons. The minimum absolute atomic E-state index is 0.157. The van der Waals surface area contributed by atoms with Gasteiger partial charge in [-0.25, -0.2) is 0 Å². The zero-order valence-electron chi connectivity index (χ0n) is 12.2. The first-order valence-corrected chi connectivity index (χ1v) is 7.03. The summed E-state index contributed by atoms with van der Waals surface area (Å²) in [6.45, 7) is 2.11. The highest BCUT2D eigenvalue weighted by Gasteiger charge is 2.23. The smallest absolute Gasteiger partial charge is 0.226 e. The Balaban J connectivity index is 1.91. The highest BCUT2D eigenvalue weighted by molar-refractivity contribution is 5.78. The Hall–Kier alpha value is -1.86. The molecule has 0 aliphatic carbocycles. The summed E-state index contributed by atoms with van der Waals surface area (Å²) < 4.78 is 0. The second-order valence-corrected chi connectivity index (χ2v) is 5.52. The van der Waals surface area contributed by atoms with Crippen molar-refractivity contribution in [2.24, 2.45) is 0 Å². The van der Waals surface area contributed by atoms with E-state index in [2.05, 4.69) is 18.0 Å². The lowest BCUT2D eigenvalue weighted by molar-refractivity contribution is -0.132. The largest absolute Gasteiger partial charge is 0.342 e. The Morgan fingerprint density at radius 2 is 1.95 bits per heavy atom. The standard InChI is InChI=1S/C16H21N3O/c1-18-9-7-15(8-10-18)19(2)16(20)11-13-3-5-14(12-17)6-4-13/h3-6,15H,7-11H2,1-2H3. The van der Waals surface area contributed by atoms with Crippen molar-refractivity contribution in [2.45, 2.75) is 25.3 Å². The fraction of sp³-hybridized carbons (Fsp3) is 0.500. The van der Waals surface area contributed by atoms with E-state index in [1.54, 1.807) is 12.1 Å². The van der Waals surface area contributed by atoms with Gasteiger partial charge in [0, 0.05) is 13.1 Å². The van der Waals surface area contributed by atoms with E-state index in [9.17, 15) is 4.79 Å². The van der Waals surface area contributed by atoms with Gasteiger partial charge in [0.25, 0.3) is 0 Å². The molecule has 1 amide bonds. The lowest BCUT2D eigenvalue weighted by Gasteiger charge is -2.35. The Morgan fingerprint density at radius 3 is 2.50 bits per heavy atom. The molecule has 4 nitrogen and oxygen atoms in total. The molecule has 0 spiro atoms. The minimum Gasteiger partial charge on any atom is -0.342 e. The summed E-state index contributed by atoms with van der Waals surface area (Å²) in [6.07, 6.45) is 2.51. The van der Waals surface area contributed by atoms with E-state index in [1.165, 1.54) is 0 Å². The van der Waals surface area contributed by atoms with Gasteiger partial charge in [0.15, 0.2) is 0 Å². The molecule has 0 aromatic heterocycles. The molecule has 0 radical (unpaired) electrons. The van der Waals surface area contributed by atoms with E-state index >= 15 is 0 Å². The average molecular weight is 271 g/mol. The molecule has 1 fully saturated rings. The number of hydrogen-bond acceptors (Lipinski definition) is 3. The van der Waals surface area contributed by atoms with Crippen LogP contribution in [-0.4, -0.2) is 48.9 Å². The number of nitrogens with zero attached hydrogens (tertiary/aromatic N) is 3. The highest BCUT2D eigenvalue weighted by atomic mass is 16.2. The topological polar surface area (TPSA) is 47.3 Å². The average Bonchev–Trinajstić information content (AvgIpc) is 2.48. The van der Waals surface area contributed by atoms with Crippen LogP contribution in [0, 0.1) is 11.3 Å². The molecule has 4 heteroatoms. The molecule has 1 heterocycles. The van der Waals surface area contributed by atoms with Crippen molar-refractivity contribution in [3.63, 3.8) is 0 Å². The van der Waals surface area contributed by atoms with Crippen LogP contribution in [-0.2, 0) is 11.2 Å². The monoisotopic (exact) mass is 271 g/mol. The summed E-state index contributed by atoms with van der Waals surface area (Å²) in [5.41, 5.74) is 1.60. The number of carbonyl (C=O) groups is 1. The van der Waals surface area contributed by atoms with E-state index in [4.69, 9.17) is 5.26 Å². The zero-order valence-corrected chi connectivity index (χ0v) is 12.2.